The van der Waals surface area contributed by atoms with Crippen LogP contribution >= 0.6 is 0 Å². The summed E-state index contributed by atoms with van der Waals surface area (Å²) in [5.41, 5.74) is 8.48. The maximum absolute atomic E-state index is 5.80. The van der Waals surface area contributed by atoms with Crippen LogP contribution in [0.3, 0.4) is 0 Å². The van der Waals surface area contributed by atoms with Gasteiger partial charge >= 0.3 is 0 Å². The van der Waals surface area contributed by atoms with Gasteiger partial charge < -0.3 is 10.5 Å². The van der Waals surface area contributed by atoms with Gasteiger partial charge in [0, 0.05) is 0 Å². The molecule has 114 valence electrons. The highest BCUT2D eigenvalue weighted by Crippen LogP contribution is 2.30. The van der Waals surface area contributed by atoms with Crippen LogP contribution in [0.15, 0.2) is 18.2 Å². The third kappa shape index (κ3) is 5.54. The topological polar surface area (TPSA) is 35.2 Å². The van der Waals surface area contributed by atoms with Crippen molar-refractivity contribution in [2.45, 2.75) is 59.3 Å². The smallest absolute Gasteiger partial charge is 0.119 e. The number of hydrogen-bond acceptors (Lipinski definition) is 2. The van der Waals surface area contributed by atoms with E-state index in [0.717, 1.165) is 25.3 Å². The first-order valence-corrected chi connectivity index (χ1v) is 8.01. The number of nitrogens with two attached hydrogens (primary N) is 1. The van der Waals surface area contributed by atoms with Crippen LogP contribution in [0.2, 0.25) is 0 Å². The molecule has 0 radical (unpaired) electrons. The fraction of sp³-hybridized carbons (Fsp3) is 0.667. The van der Waals surface area contributed by atoms with E-state index >= 15 is 0 Å². The van der Waals surface area contributed by atoms with Crippen molar-refractivity contribution in [2.24, 2.45) is 11.7 Å². The average Bonchev–Trinajstić information content (AvgIpc) is 2.41. The van der Waals surface area contributed by atoms with Gasteiger partial charge in [0.2, 0.25) is 0 Å². The van der Waals surface area contributed by atoms with E-state index in [9.17, 15) is 0 Å². The van der Waals surface area contributed by atoms with Crippen LogP contribution in [0.25, 0.3) is 0 Å². The van der Waals surface area contributed by atoms with E-state index in [-0.39, 0.29) is 0 Å². The van der Waals surface area contributed by atoms with Gasteiger partial charge in [-0.3, -0.25) is 0 Å². The minimum Gasteiger partial charge on any atom is -0.493 e. The Balaban J connectivity index is 2.77. The van der Waals surface area contributed by atoms with Gasteiger partial charge in [-0.05, 0) is 67.8 Å². The van der Waals surface area contributed by atoms with Gasteiger partial charge in [-0.2, -0.15) is 0 Å². The van der Waals surface area contributed by atoms with E-state index in [2.05, 4.69) is 45.9 Å². The quantitative estimate of drug-likeness (QED) is 0.713. The molecule has 2 nitrogen and oxygen atoms in total. The largest absolute Gasteiger partial charge is 0.493 e. The SMILES string of the molecule is CCCC(CCCN)c1ccc(OCC(C)C)cc1C. The second-order valence-corrected chi connectivity index (χ2v) is 6.14. The van der Waals surface area contributed by atoms with Gasteiger partial charge in [-0.1, -0.05) is 33.3 Å². The van der Waals surface area contributed by atoms with E-state index in [0.29, 0.717) is 11.8 Å². The van der Waals surface area contributed by atoms with Crippen LogP contribution in [-0.4, -0.2) is 13.2 Å². The molecule has 2 heteroatoms. The molecule has 1 unspecified atom stereocenters. The Labute approximate surface area is 124 Å². The van der Waals surface area contributed by atoms with Gasteiger partial charge in [-0.15, -0.1) is 0 Å². The van der Waals surface area contributed by atoms with Crippen molar-refractivity contribution in [2.75, 3.05) is 13.2 Å². The molecule has 1 rings (SSSR count). The van der Waals surface area contributed by atoms with Gasteiger partial charge in [0.15, 0.2) is 0 Å². The van der Waals surface area contributed by atoms with Crippen molar-refractivity contribution in [3.8, 4) is 5.75 Å². The lowest BCUT2D eigenvalue weighted by Crippen LogP contribution is -2.07. The zero-order chi connectivity index (χ0) is 15.0. The van der Waals surface area contributed by atoms with Crippen molar-refractivity contribution < 1.29 is 4.74 Å². The second kappa shape index (κ2) is 9.02. The van der Waals surface area contributed by atoms with Crippen molar-refractivity contribution in [3.63, 3.8) is 0 Å². The summed E-state index contributed by atoms with van der Waals surface area (Å²) >= 11 is 0. The Hall–Kier alpha value is -1.02. The third-order valence-electron chi connectivity index (χ3n) is 3.66. The van der Waals surface area contributed by atoms with Crippen molar-refractivity contribution >= 4 is 0 Å². The number of aryl methyl sites for hydroxylation is 1. The zero-order valence-electron chi connectivity index (χ0n) is 13.6. The Morgan fingerprint density at radius 3 is 2.50 bits per heavy atom. The molecule has 20 heavy (non-hydrogen) atoms. The molecule has 0 heterocycles. The number of hydrogen-bond donors (Lipinski definition) is 1. The standard InChI is InChI=1S/C18H31NO/c1-5-7-16(8-6-11-19)18-10-9-17(12-15(18)4)20-13-14(2)3/h9-10,12,14,16H,5-8,11,13,19H2,1-4H3. The first-order valence-electron chi connectivity index (χ1n) is 8.01. The summed E-state index contributed by atoms with van der Waals surface area (Å²) < 4.78 is 5.80. The highest BCUT2D eigenvalue weighted by molar-refractivity contribution is 5.37. The van der Waals surface area contributed by atoms with Crippen molar-refractivity contribution in [3.05, 3.63) is 29.3 Å². The molecular weight excluding hydrogens is 246 g/mol. The summed E-state index contributed by atoms with van der Waals surface area (Å²) in [6.07, 6.45) is 4.76. The normalized spacial score (nSPS) is 12.7. The predicted octanol–water partition coefficient (Wildman–Crippen LogP) is 4.65. The van der Waals surface area contributed by atoms with E-state index in [1.54, 1.807) is 0 Å². The molecule has 0 aliphatic rings. The molecule has 2 N–H and O–H groups in total. The molecule has 0 saturated carbocycles. The molecule has 0 fully saturated rings. The Bertz CT molecular complexity index is 387. The highest BCUT2D eigenvalue weighted by Gasteiger charge is 2.13. The maximum atomic E-state index is 5.80. The summed E-state index contributed by atoms with van der Waals surface area (Å²) in [5.74, 6) is 2.20. The first-order chi connectivity index (χ1) is 9.58. The summed E-state index contributed by atoms with van der Waals surface area (Å²) in [7, 11) is 0. The second-order valence-electron chi connectivity index (χ2n) is 6.14. The summed E-state index contributed by atoms with van der Waals surface area (Å²) in [6, 6.07) is 6.56. The third-order valence-corrected chi connectivity index (χ3v) is 3.66. The Kier molecular flexibility index (Phi) is 7.68. The molecule has 0 aliphatic carbocycles. The lowest BCUT2D eigenvalue weighted by molar-refractivity contribution is 0.271. The predicted molar refractivity (Wildman–Crippen MR) is 87.4 cm³/mol. The highest BCUT2D eigenvalue weighted by atomic mass is 16.5. The van der Waals surface area contributed by atoms with E-state index in [1.807, 2.05) is 0 Å². The first kappa shape index (κ1) is 17.0. The molecule has 1 aromatic rings. The van der Waals surface area contributed by atoms with Crippen LogP contribution in [0, 0.1) is 12.8 Å². The molecule has 0 saturated heterocycles. The molecule has 0 aliphatic heterocycles. The molecule has 0 amide bonds. The number of ether oxygens (including phenoxy) is 1. The average molecular weight is 277 g/mol. The molecule has 1 atom stereocenters. The van der Waals surface area contributed by atoms with Gasteiger partial charge in [0.1, 0.15) is 5.75 Å². The maximum Gasteiger partial charge on any atom is 0.119 e. The molecule has 0 spiro atoms. The fourth-order valence-corrected chi connectivity index (χ4v) is 2.63. The molecule has 0 bridgehead atoms. The molecule has 0 aromatic heterocycles. The van der Waals surface area contributed by atoms with E-state index < -0.39 is 0 Å². The Morgan fingerprint density at radius 2 is 1.95 bits per heavy atom. The fourth-order valence-electron chi connectivity index (χ4n) is 2.63. The van der Waals surface area contributed by atoms with Crippen LogP contribution < -0.4 is 10.5 Å². The van der Waals surface area contributed by atoms with Crippen LogP contribution in [0.4, 0.5) is 0 Å². The van der Waals surface area contributed by atoms with Crippen LogP contribution in [0.5, 0.6) is 5.75 Å². The van der Waals surface area contributed by atoms with Crippen molar-refractivity contribution in [1.29, 1.82) is 0 Å². The van der Waals surface area contributed by atoms with E-state index in [1.165, 1.54) is 30.4 Å². The summed E-state index contributed by atoms with van der Waals surface area (Å²) in [6.45, 7) is 10.4. The van der Waals surface area contributed by atoms with Crippen LogP contribution in [-0.2, 0) is 0 Å². The minimum atomic E-state index is 0.562. The summed E-state index contributed by atoms with van der Waals surface area (Å²) in [4.78, 5) is 0. The van der Waals surface area contributed by atoms with Gasteiger partial charge in [0.25, 0.3) is 0 Å². The van der Waals surface area contributed by atoms with Crippen LogP contribution in [0.1, 0.15) is 63.5 Å². The van der Waals surface area contributed by atoms with Gasteiger partial charge in [-0.25, -0.2) is 0 Å². The zero-order valence-corrected chi connectivity index (χ0v) is 13.6. The lowest BCUT2D eigenvalue weighted by Gasteiger charge is -2.20. The Morgan fingerprint density at radius 1 is 1.20 bits per heavy atom. The number of rotatable bonds is 9. The van der Waals surface area contributed by atoms with Gasteiger partial charge in [0.05, 0.1) is 6.61 Å². The lowest BCUT2D eigenvalue weighted by atomic mass is 9.87. The summed E-state index contributed by atoms with van der Waals surface area (Å²) in [5, 5.41) is 0. The monoisotopic (exact) mass is 277 g/mol. The molecular formula is C18H31NO. The van der Waals surface area contributed by atoms with Crippen molar-refractivity contribution in [1.82, 2.24) is 0 Å². The minimum absolute atomic E-state index is 0.562. The van der Waals surface area contributed by atoms with E-state index in [4.69, 9.17) is 10.5 Å². The molecule has 1 aromatic carbocycles. The number of benzene rings is 1.